The van der Waals surface area contributed by atoms with Gasteiger partial charge in [0, 0.05) is 6.54 Å². The molecule has 0 saturated carbocycles. The van der Waals surface area contributed by atoms with Gasteiger partial charge in [-0.2, -0.15) is 8.78 Å². The van der Waals surface area contributed by atoms with Crippen molar-refractivity contribution < 1.29 is 13.5 Å². The van der Waals surface area contributed by atoms with Crippen LogP contribution >= 0.6 is 24.0 Å². The number of halogens is 3. The lowest BCUT2D eigenvalue weighted by atomic mass is 10.2. The van der Waals surface area contributed by atoms with E-state index in [1.807, 2.05) is 0 Å². The van der Waals surface area contributed by atoms with Crippen LogP contribution < -0.4 is 15.8 Å². The molecule has 0 unspecified atom stereocenters. The lowest BCUT2D eigenvalue weighted by Crippen LogP contribution is -2.34. The van der Waals surface area contributed by atoms with E-state index in [4.69, 9.17) is 5.73 Å². The number of ether oxygens (including phenoxy) is 1. The van der Waals surface area contributed by atoms with Crippen LogP contribution in [0.1, 0.15) is 19.4 Å². The van der Waals surface area contributed by atoms with Crippen molar-refractivity contribution in [2.45, 2.75) is 27.0 Å². The highest BCUT2D eigenvalue weighted by Crippen LogP contribution is 2.16. The highest BCUT2D eigenvalue weighted by molar-refractivity contribution is 14.0. The monoisotopic (exact) mass is 399 g/mol. The van der Waals surface area contributed by atoms with E-state index in [0.29, 0.717) is 18.4 Å². The number of nitrogens with zero attached hydrogens (tertiary/aromatic N) is 1. The van der Waals surface area contributed by atoms with Crippen molar-refractivity contribution >= 4 is 29.9 Å². The summed E-state index contributed by atoms with van der Waals surface area (Å²) in [4.78, 5) is 4.13. The predicted octanol–water partition coefficient (Wildman–Crippen LogP) is 2.97. The minimum Gasteiger partial charge on any atom is -0.435 e. The second-order valence-electron chi connectivity index (χ2n) is 4.50. The number of aliphatic imine (C=N–C) groups is 1. The van der Waals surface area contributed by atoms with E-state index in [2.05, 4.69) is 28.9 Å². The first-order chi connectivity index (χ1) is 8.97. The Hall–Kier alpha value is -1.12. The molecule has 0 aliphatic carbocycles. The largest absolute Gasteiger partial charge is 0.435 e. The summed E-state index contributed by atoms with van der Waals surface area (Å²) in [6, 6.07) is 6.41. The summed E-state index contributed by atoms with van der Waals surface area (Å²) in [5, 5.41) is 2.98. The van der Waals surface area contributed by atoms with Gasteiger partial charge in [0.25, 0.3) is 0 Å². The SMILES string of the molecule is CC(C)CNC(N)=NCc1cccc(OC(F)F)c1.I. The molecule has 0 aliphatic heterocycles. The summed E-state index contributed by atoms with van der Waals surface area (Å²) in [6.07, 6.45) is 0. The number of alkyl halides is 2. The third-order valence-electron chi connectivity index (χ3n) is 2.25. The van der Waals surface area contributed by atoms with Crippen LogP contribution in [0, 0.1) is 5.92 Å². The van der Waals surface area contributed by atoms with Gasteiger partial charge in [-0.15, -0.1) is 24.0 Å². The van der Waals surface area contributed by atoms with Gasteiger partial charge in [-0.1, -0.05) is 26.0 Å². The van der Waals surface area contributed by atoms with Gasteiger partial charge in [-0.05, 0) is 23.6 Å². The first-order valence-corrected chi connectivity index (χ1v) is 6.05. The van der Waals surface area contributed by atoms with Crippen LogP contribution in [-0.2, 0) is 6.54 Å². The molecule has 4 nitrogen and oxygen atoms in total. The molecule has 1 aromatic rings. The lowest BCUT2D eigenvalue weighted by molar-refractivity contribution is -0.0498. The molecule has 0 aliphatic rings. The summed E-state index contributed by atoms with van der Waals surface area (Å²) < 4.78 is 28.4. The number of rotatable bonds is 6. The fourth-order valence-electron chi connectivity index (χ4n) is 1.36. The summed E-state index contributed by atoms with van der Waals surface area (Å²) in [6.45, 7) is 2.36. The van der Waals surface area contributed by atoms with Crippen molar-refractivity contribution in [3.05, 3.63) is 29.8 Å². The van der Waals surface area contributed by atoms with E-state index in [0.717, 1.165) is 12.1 Å². The highest BCUT2D eigenvalue weighted by Gasteiger charge is 2.04. The zero-order valence-corrected chi connectivity index (χ0v) is 13.8. The Bertz CT molecular complexity index is 428. The van der Waals surface area contributed by atoms with Crippen molar-refractivity contribution in [2.75, 3.05) is 6.54 Å². The van der Waals surface area contributed by atoms with Crippen LogP contribution in [0.2, 0.25) is 0 Å². The molecule has 3 N–H and O–H groups in total. The van der Waals surface area contributed by atoms with Gasteiger partial charge in [0.2, 0.25) is 0 Å². The third-order valence-corrected chi connectivity index (χ3v) is 2.25. The first kappa shape index (κ1) is 18.9. The van der Waals surface area contributed by atoms with Crippen molar-refractivity contribution in [2.24, 2.45) is 16.6 Å². The minimum atomic E-state index is -2.82. The van der Waals surface area contributed by atoms with Gasteiger partial charge in [0.1, 0.15) is 5.75 Å². The topological polar surface area (TPSA) is 59.6 Å². The number of nitrogens with one attached hydrogen (secondary N) is 1. The predicted molar refractivity (Wildman–Crippen MR) is 86.7 cm³/mol. The molecule has 0 bridgehead atoms. The molecule has 1 aromatic carbocycles. The summed E-state index contributed by atoms with van der Waals surface area (Å²) in [5.41, 5.74) is 6.43. The molecule has 114 valence electrons. The third kappa shape index (κ3) is 8.13. The van der Waals surface area contributed by atoms with Crippen LogP contribution in [0.25, 0.3) is 0 Å². The van der Waals surface area contributed by atoms with Crippen LogP contribution in [-0.4, -0.2) is 19.1 Å². The van der Waals surface area contributed by atoms with Crippen molar-refractivity contribution in [1.82, 2.24) is 5.32 Å². The molecular formula is C13H20F2IN3O. The van der Waals surface area contributed by atoms with Crippen molar-refractivity contribution in [3.63, 3.8) is 0 Å². The van der Waals surface area contributed by atoms with E-state index in [-0.39, 0.29) is 29.7 Å². The molecule has 0 amide bonds. The summed E-state index contributed by atoms with van der Waals surface area (Å²) >= 11 is 0. The fourth-order valence-corrected chi connectivity index (χ4v) is 1.36. The second kappa shape index (κ2) is 9.73. The second-order valence-corrected chi connectivity index (χ2v) is 4.50. The molecule has 0 fully saturated rings. The lowest BCUT2D eigenvalue weighted by Gasteiger charge is -2.08. The minimum absolute atomic E-state index is 0. The average Bonchev–Trinajstić information content (AvgIpc) is 2.33. The summed E-state index contributed by atoms with van der Waals surface area (Å²) in [7, 11) is 0. The Morgan fingerprint density at radius 1 is 1.40 bits per heavy atom. The molecule has 20 heavy (non-hydrogen) atoms. The number of nitrogens with two attached hydrogens (primary N) is 1. The fraction of sp³-hybridized carbons (Fsp3) is 0.462. The Balaban J connectivity index is 0.00000361. The zero-order valence-electron chi connectivity index (χ0n) is 11.5. The van der Waals surface area contributed by atoms with E-state index >= 15 is 0 Å². The van der Waals surface area contributed by atoms with Crippen LogP contribution in [0.5, 0.6) is 5.75 Å². The van der Waals surface area contributed by atoms with E-state index in [1.165, 1.54) is 12.1 Å². The van der Waals surface area contributed by atoms with Gasteiger partial charge >= 0.3 is 6.61 Å². The number of hydrogen-bond donors (Lipinski definition) is 2. The van der Waals surface area contributed by atoms with Gasteiger partial charge < -0.3 is 15.8 Å². The molecule has 0 heterocycles. The molecular weight excluding hydrogens is 379 g/mol. The van der Waals surface area contributed by atoms with Crippen LogP contribution in [0.3, 0.4) is 0 Å². The van der Waals surface area contributed by atoms with Gasteiger partial charge in [-0.25, -0.2) is 4.99 Å². The van der Waals surface area contributed by atoms with Gasteiger partial charge in [0.05, 0.1) is 6.54 Å². The quantitative estimate of drug-likeness (QED) is 0.440. The molecule has 0 spiro atoms. The van der Waals surface area contributed by atoms with E-state index < -0.39 is 6.61 Å². The Labute approximate surface area is 134 Å². The normalized spacial score (nSPS) is 11.4. The first-order valence-electron chi connectivity index (χ1n) is 6.05. The molecule has 0 saturated heterocycles. The molecule has 7 heteroatoms. The smallest absolute Gasteiger partial charge is 0.387 e. The van der Waals surface area contributed by atoms with Gasteiger partial charge in [0.15, 0.2) is 5.96 Å². The Kier molecular flexibility index (Phi) is 9.19. The molecule has 0 radical (unpaired) electrons. The zero-order chi connectivity index (χ0) is 14.3. The summed E-state index contributed by atoms with van der Waals surface area (Å²) in [5.74, 6) is 0.932. The van der Waals surface area contributed by atoms with E-state index in [1.54, 1.807) is 12.1 Å². The van der Waals surface area contributed by atoms with Gasteiger partial charge in [-0.3, -0.25) is 0 Å². The molecule has 0 aromatic heterocycles. The molecule has 0 atom stereocenters. The van der Waals surface area contributed by atoms with Crippen LogP contribution in [0.15, 0.2) is 29.3 Å². The maximum atomic E-state index is 12.1. The number of guanidine groups is 1. The highest BCUT2D eigenvalue weighted by atomic mass is 127. The maximum Gasteiger partial charge on any atom is 0.387 e. The standard InChI is InChI=1S/C13H19F2N3O.HI/c1-9(2)7-17-13(16)18-8-10-4-3-5-11(6-10)19-12(14)15;/h3-6,9,12H,7-8H2,1-2H3,(H3,16,17,18);1H. The Morgan fingerprint density at radius 3 is 2.70 bits per heavy atom. The Morgan fingerprint density at radius 2 is 2.10 bits per heavy atom. The van der Waals surface area contributed by atoms with Crippen molar-refractivity contribution in [3.8, 4) is 5.75 Å². The van der Waals surface area contributed by atoms with Crippen LogP contribution in [0.4, 0.5) is 8.78 Å². The number of hydrogen-bond acceptors (Lipinski definition) is 2. The maximum absolute atomic E-state index is 12.1. The van der Waals surface area contributed by atoms with E-state index in [9.17, 15) is 8.78 Å². The number of benzene rings is 1. The van der Waals surface area contributed by atoms with Crippen molar-refractivity contribution in [1.29, 1.82) is 0 Å². The molecule has 1 rings (SSSR count). The average molecular weight is 399 g/mol.